The fraction of sp³-hybridized carbons (Fsp3) is 0.250. The van der Waals surface area contributed by atoms with Crippen LogP contribution in [0.5, 0.6) is 0 Å². The Morgan fingerprint density at radius 1 is 1.05 bits per heavy atom. The van der Waals surface area contributed by atoms with Crippen molar-refractivity contribution >= 4 is 21.6 Å². The van der Waals surface area contributed by atoms with Crippen LogP contribution in [0.3, 0.4) is 0 Å². The largest absolute Gasteiger partial charge is 0.334 e. The lowest BCUT2D eigenvalue weighted by Crippen LogP contribution is -2.22. The molecule has 110 valence electrons. The molecule has 0 aromatic heterocycles. The summed E-state index contributed by atoms with van der Waals surface area (Å²) >= 11 is 1.24. The zero-order chi connectivity index (χ0) is 15.1. The molecule has 0 bridgehead atoms. The molecule has 1 heterocycles. The maximum Gasteiger partial charge on any atom is 0.251 e. The molecule has 0 N–H and O–H groups in total. The number of hydrogen-bond donors (Lipinski definition) is 0. The molecule has 1 fully saturated rings. The van der Waals surface area contributed by atoms with Crippen LogP contribution >= 0.6 is 11.8 Å². The summed E-state index contributed by atoms with van der Waals surface area (Å²) in [6.45, 7) is 1.93. The van der Waals surface area contributed by atoms with Crippen LogP contribution in [0.2, 0.25) is 0 Å². The van der Waals surface area contributed by atoms with E-state index in [1.807, 2.05) is 37.3 Å². The highest BCUT2D eigenvalue weighted by atomic mass is 32.3. The summed E-state index contributed by atoms with van der Waals surface area (Å²) in [5.41, 5.74) is 1.92. The lowest BCUT2D eigenvalue weighted by atomic mass is 10.2. The average Bonchev–Trinajstić information content (AvgIpc) is 3.25. The van der Waals surface area contributed by atoms with E-state index < -0.39 is 20.2 Å². The first-order valence-corrected chi connectivity index (χ1v) is 9.31. The molecule has 0 aliphatic carbocycles. The van der Waals surface area contributed by atoms with Gasteiger partial charge in [0, 0.05) is 0 Å². The smallest absolute Gasteiger partial charge is 0.251 e. The molecule has 0 saturated carbocycles. The van der Waals surface area contributed by atoms with Crippen molar-refractivity contribution in [2.45, 2.75) is 22.2 Å². The van der Waals surface area contributed by atoms with Gasteiger partial charge in [0.1, 0.15) is 6.10 Å². The van der Waals surface area contributed by atoms with Gasteiger partial charge in [-0.15, -0.1) is 11.8 Å². The molecular weight excluding hydrogens is 304 g/mol. The molecule has 0 amide bonds. The molecule has 21 heavy (non-hydrogen) atoms. The second-order valence-corrected chi connectivity index (χ2v) is 8.39. The zero-order valence-corrected chi connectivity index (χ0v) is 13.4. The summed E-state index contributed by atoms with van der Waals surface area (Å²) in [5, 5.41) is 0. The first-order valence-electron chi connectivity index (χ1n) is 6.60. The minimum atomic E-state index is -3.55. The first kappa shape index (κ1) is 14.6. The van der Waals surface area contributed by atoms with Gasteiger partial charge in [-0.25, -0.2) is 8.42 Å². The molecule has 3 rings (SSSR count). The summed E-state index contributed by atoms with van der Waals surface area (Å²) in [4.78, 5) is 0.306. The summed E-state index contributed by atoms with van der Waals surface area (Å²) < 4.78 is 30.3. The lowest BCUT2D eigenvalue weighted by Gasteiger charge is -2.12. The van der Waals surface area contributed by atoms with Gasteiger partial charge >= 0.3 is 0 Å². The van der Waals surface area contributed by atoms with E-state index in [0.717, 1.165) is 11.1 Å². The SMILES string of the molecule is CSC1(S(=O)(=O)c2ccc(C)cc2)OC1c1ccccc1. The van der Waals surface area contributed by atoms with E-state index in [-0.39, 0.29) is 0 Å². The fourth-order valence-corrected chi connectivity index (χ4v) is 5.55. The average molecular weight is 320 g/mol. The Bertz CT molecular complexity index is 739. The van der Waals surface area contributed by atoms with E-state index in [1.165, 1.54) is 11.8 Å². The molecule has 2 atom stereocenters. The van der Waals surface area contributed by atoms with Crippen LogP contribution in [-0.4, -0.2) is 18.9 Å². The second-order valence-electron chi connectivity index (χ2n) is 5.03. The molecule has 2 aromatic rings. The first-order chi connectivity index (χ1) is 10.0. The highest BCUT2D eigenvalue weighted by Crippen LogP contribution is 2.61. The molecule has 0 radical (unpaired) electrons. The van der Waals surface area contributed by atoms with Crippen LogP contribution in [0, 0.1) is 6.92 Å². The molecule has 0 spiro atoms. The fourth-order valence-electron chi connectivity index (χ4n) is 2.38. The number of benzene rings is 2. The lowest BCUT2D eigenvalue weighted by molar-refractivity contribution is 0.388. The minimum Gasteiger partial charge on any atom is -0.334 e. The van der Waals surface area contributed by atoms with Crippen LogP contribution < -0.4 is 0 Å². The number of rotatable bonds is 4. The zero-order valence-electron chi connectivity index (χ0n) is 11.8. The van der Waals surface area contributed by atoms with Crippen molar-refractivity contribution in [1.29, 1.82) is 0 Å². The van der Waals surface area contributed by atoms with Gasteiger partial charge in [0.15, 0.2) is 0 Å². The van der Waals surface area contributed by atoms with Crippen LogP contribution in [-0.2, 0) is 14.6 Å². The molecule has 1 saturated heterocycles. The van der Waals surface area contributed by atoms with Gasteiger partial charge in [0.05, 0.1) is 4.90 Å². The van der Waals surface area contributed by atoms with Gasteiger partial charge in [-0.2, -0.15) is 0 Å². The van der Waals surface area contributed by atoms with Crippen molar-refractivity contribution in [1.82, 2.24) is 0 Å². The van der Waals surface area contributed by atoms with Gasteiger partial charge in [0.2, 0.25) is 9.84 Å². The number of ether oxygens (including phenoxy) is 1. The summed E-state index contributed by atoms with van der Waals surface area (Å²) in [5.74, 6) is 0. The van der Waals surface area contributed by atoms with Crippen molar-refractivity contribution in [3.8, 4) is 0 Å². The van der Waals surface area contributed by atoms with Gasteiger partial charge in [-0.1, -0.05) is 48.0 Å². The summed E-state index contributed by atoms with van der Waals surface area (Å²) in [6, 6.07) is 16.4. The van der Waals surface area contributed by atoms with E-state index in [2.05, 4.69) is 0 Å². The molecule has 1 aliphatic rings. The van der Waals surface area contributed by atoms with Gasteiger partial charge < -0.3 is 4.74 Å². The van der Waals surface area contributed by atoms with E-state index in [0.29, 0.717) is 4.90 Å². The number of epoxide rings is 1. The van der Waals surface area contributed by atoms with Gasteiger partial charge in [-0.05, 0) is 30.9 Å². The topological polar surface area (TPSA) is 46.7 Å². The van der Waals surface area contributed by atoms with Crippen LogP contribution in [0.15, 0.2) is 59.5 Å². The quantitative estimate of drug-likeness (QED) is 0.808. The molecule has 3 nitrogen and oxygen atoms in total. The molecular formula is C16H16O3S2. The van der Waals surface area contributed by atoms with Crippen molar-refractivity contribution in [3.63, 3.8) is 0 Å². The normalized spacial score (nSPS) is 24.8. The maximum absolute atomic E-state index is 12.9. The van der Waals surface area contributed by atoms with Crippen LogP contribution in [0.1, 0.15) is 17.2 Å². The Labute approximate surface area is 129 Å². The second kappa shape index (κ2) is 5.16. The number of thioether (sulfide) groups is 1. The van der Waals surface area contributed by atoms with Gasteiger partial charge in [-0.3, -0.25) is 0 Å². The Kier molecular flexibility index (Phi) is 3.59. The predicted molar refractivity (Wildman–Crippen MR) is 84.9 cm³/mol. The Balaban J connectivity index is 2.00. The van der Waals surface area contributed by atoms with Gasteiger partial charge in [0.25, 0.3) is 4.27 Å². The summed E-state index contributed by atoms with van der Waals surface area (Å²) in [6.07, 6.45) is 1.36. The third-order valence-corrected chi connectivity index (χ3v) is 7.63. The van der Waals surface area contributed by atoms with Crippen molar-refractivity contribution in [3.05, 3.63) is 65.7 Å². The van der Waals surface area contributed by atoms with E-state index in [1.54, 1.807) is 30.5 Å². The molecule has 5 heteroatoms. The summed E-state index contributed by atoms with van der Waals surface area (Å²) in [7, 11) is -3.55. The van der Waals surface area contributed by atoms with Crippen LogP contribution in [0.4, 0.5) is 0 Å². The third-order valence-electron chi connectivity index (χ3n) is 3.64. The highest BCUT2D eigenvalue weighted by molar-refractivity contribution is 8.14. The monoisotopic (exact) mass is 320 g/mol. The maximum atomic E-state index is 12.9. The van der Waals surface area contributed by atoms with Crippen LogP contribution in [0.25, 0.3) is 0 Å². The molecule has 2 unspecified atom stereocenters. The minimum absolute atomic E-state index is 0.306. The Morgan fingerprint density at radius 2 is 1.67 bits per heavy atom. The number of hydrogen-bond acceptors (Lipinski definition) is 4. The number of sulfone groups is 1. The molecule has 2 aromatic carbocycles. The van der Waals surface area contributed by atoms with E-state index in [4.69, 9.17) is 4.74 Å². The highest BCUT2D eigenvalue weighted by Gasteiger charge is 2.67. The Hall–Kier alpha value is -1.30. The standard InChI is InChI=1S/C16H16O3S2/c1-12-8-10-14(11-9-12)21(17,18)16(20-2)15(19-16)13-6-4-3-5-7-13/h3-11,15H,1-2H3. The predicted octanol–water partition coefficient (Wildman–Crippen LogP) is 3.56. The van der Waals surface area contributed by atoms with Crippen molar-refractivity contribution in [2.24, 2.45) is 0 Å². The third kappa shape index (κ3) is 2.29. The molecule has 1 aliphatic heterocycles. The Morgan fingerprint density at radius 3 is 2.24 bits per heavy atom. The van der Waals surface area contributed by atoms with Crippen molar-refractivity contribution < 1.29 is 13.2 Å². The van der Waals surface area contributed by atoms with E-state index >= 15 is 0 Å². The van der Waals surface area contributed by atoms with E-state index in [9.17, 15) is 8.42 Å². The van der Waals surface area contributed by atoms with Crippen molar-refractivity contribution in [2.75, 3.05) is 6.26 Å². The number of aryl methyl sites for hydroxylation is 1.